The number of hydrogen-bond donors (Lipinski definition) is 1. The SMILES string of the molecule is CCCC(CCN)CCC(=O)N1CC2CCCN2CC1C. The van der Waals surface area contributed by atoms with E-state index >= 15 is 0 Å². The van der Waals surface area contributed by atoms with Gasteiger partial charge in [0.25, 0.3) is 0 Å². The fraction of sp³-hybridized carbons (Fsp3) is 0.941. The molecule has 2 heterocycles. The molecule has 1 amide bonds. The molecule has 3 atom stereocenters. The number of nitrogens with two attached hydrogens (primary N) is 1. The smallest absolute Gasteiger partial charge is 0.222 e. The number of fused-ring (bicyclic) bond motifs is 1. The van der Waals surface area contributed by atoms with Gasteiger partial charge in [0.1, 0.15) is 0 Å². The van der Waals surface area contributed by atoms with E-state index in [1.54, 1.807) is 0 Å². The number of carbonyl (C=O) groups is 1. The molecule has 2 aliphatic rings. The second-order valence-corrected chi connectivity index (χ2v) is 6.96. The molecule has 0 aromatic rings. The highest BCUT2D eigenvalue weighted by Crippen LogP contribution is 2.26. The minimum Gasteiger partial charge on any atom is -0.337 e. The second kappa shape index (κ2) is 8.14. The van der Waals surface area contributed by atoms with Gasteiger partial charge in [-0.15, -0.1) is 0 Å². The Hall–Kier alpha value is -0.610. The molecule has 4 nitrogen and oxygen atoms in total. The molecular weight excluding hydrogens is 262 g/mol. The Balaban J connectivity index is 1.81. The van der Waals surface area contributed by atoms with Gasteiger partial charge in [-0.3, -0.25) is 9.69 Å². The maximum absolute atomic E-state index is 12.6. The minimum atomic E-state index is 0.368. The lowest BCUT2D eigenvalue weighted by Crippen LogP contribution is -2.56. The number of hydrogen-bond acceptors (Lipinski definition) is 3. The Bertz CT molecular complexity index is 328. The van der Waals surface area contributed by atoms with E-state index in [4.69, 9.17) is 5.73 Å². The molecule has 0 aromatic heterocycles. The summed E-state index contributed by atoms with van der Waals surface area (Å²) in [5.41, 5.74) is 5.69. The molecule has 3 unspecified atom stereocenters. The monoisotopic (exact) mass is 295 g/mol. The third-order valence-electron chi connectivity index (χ3n) is 5.30. The van der Waals surface area contributed by atoms with E-state index in [9.17, 15) is 4.79 Å². The molecule has 0 radical (unpaired) electrons. The average Bonchev–Trinajstić information content (AvgIpc) is 2.91. The molecule has 2 N–H and O–H groups in total. The van der Waals surface area contributed by atoms with Crippen molar-refractivity contribution in [3.63, 3.8) is 0 Å². The zero-order valence-electron chi connectivity index (χ0n) is 13.9. The van der Waals surface area contributed by atoms with Gasteiger partial charge in [0.2, 0.25) is 5.91 Å². The lowest BCUT2D eigenvalue weighted by atomic mass is 9.94. The largest absolute Gasteiger partial charge is 0.337 e. The van der Waals surface area contributed by atoms with Crippen molar-refractivity contribution in [1.29, 1.82) is 0 Å². The van der Waals surface area contributed by atoms with Crippen LogP contribution in [0.25, 0.3) is 0 Å². The molecule has 0 bridgehead atoms. The predicted octanol–water partition coefficient (Wildman–Crippen LogP) is 2.23. The molecule has 0 aromatic carbocycles. The van der Waals surface area contributed by atoms with E-state index in [0.29, 0.717) is 30.3 Å². The Morgan fingerprint density at radius 2 is 2.10 bits per heavy atom. The molecular formula is C17H33N3O. The molecule has 2 fully saturated rings. The van der Waals surface area contributed by atoms with Crippen LogP contribution in [-0.2, 0) is 4.79 Å². The van der Waals surface area contributed by atoms with E-state index in [1.165, 1.54) is 32.2 Å². The zero-order valence-corrected chi connectivity index (χ0v) is 13.9. The van der Waals surface area contributed by atoms with Gasteiger partial charge in [-0.25, -0.2) is 0 Å². The second-order valence-electron chi connectivity index (χ2n) is 6.96. The van der Waals surface area contributed by atoms with E-state index in [1.807, 2.05) is 0 Å². The first-order valence-electron chi connectivity index (χ1n) is 8.89. The maximum atomic E-state index is 12.6. The van der Waals surface area contributed by atoms with Crippen molar-refractivity contribution < 1.29 is 4.79 Å². The van der Waals surface area contributed by atoms with E-state index < -0.39 is 0 Å². The highest BCUT2D eigenvalue weighted by molar-refractivity contribution is 5.76. The van der Waals surface area contributed by atoms with Gasteiger partial charge in [0.15, 0.2) is 0 Å². The Morgan fingerprint density at radius 3 is 2.81 bits per heavy atom. The number of carbonyl (C=O) groups excluding carboxylic acids is 1. The lowest BCUT2D eigenvalue weighted by Gasteiger charge is -2.42. The van der Waals surface area contributed by atoms with Crippen molar-refractivity contribution in [2.75, 3.05) is 26.2 Å². The molecule has 2 rings (SSSR count). The highest BCUT2D eigenvalue weighted by atomic mass is 16.2. The van der Waals surface area contributed by atoms with Crippen LogP contribution < -0.4 is 5.73 Å². The van der Waals surface area contributed by atoms with Crippen molar-refractivity contribution in [1.82, 2.24) is 9.80 Å². The molecule has 0 saturated carbocycles. The number of amides is 1. The van der Waals surface area contributed by atoms with Crippen LogP contribution in [0.5, 0.6) is 0 Å². The van der Waals surface area contributed by atoms with Crippen molar-refractivity contribution in [3.8, 4) is 0 Å². The summed E-state index contributed by atoms with van der Waals surface area (Å²) in [6, 6.07) is 1.01. The minimum absolute atomic E-state index is 0.368. The Kier molecular flexibility index (Phi) is 6.49. The number of piperazine rings is 1. The zero-order chi connectivity index (χ0) is 15.2. The van der Waals surface area contributed by atoms with Crippen molar-refractivity contribution in [2.24, 2.45) is 11.7 Å². The maximum Gasteiger partial charge on any atom is 0.222 e. The lowest BCUT2D eigenvalue weighted by molar-refractivity contribution is -0.137. The fourth-order valence-electron chi connectivity index (χ4n) is 4.08. The first-order valence-corrected chi connectivity index (χ1v) is 8.89. The van der Waals surface area contributed by atoms with Crippen LogP contribution in [0.1, 0.15) is 58.8 Å². The van der Waals surface area contributed by atoms with E-state index in [-0.39, 0.29) is 0 Å². The van der Waals surface area contributed by atoms with Crippen molar-refractivity contribution in [2.45, 2.75) is 70.9 Å². The van der Waals surface area contributed by atoms with E-state index in [0.717, 1.165) is 32.5 Å². The Labute approximate surface area is 130 Å². The molecule has 0 spiro atoms. The standard InChI is InChI=1S/C17H33N3O/c1-3-5-15(9-10-18)7-8-17(21)20-13-16-6-4-11-19(16)12-14(20)2/h14-16H,3-13,18H2,1-2H3. The van der Waals surface area contributed by atoms with Crippen LogP contribution in [0, 0.1) is 5.92 Å². The summed E-state index contributed by atoms with van der Waals surface area (Å²) in [6.07, 6.45) is 7.75. The number of nitrogens with zero attached hydrogens (tertiary/aromatic N) is 2. The van der Waals surface area contributed by atoms with Gasteiger partial charge < -0.3 is 10.6 Å². The topological polar surface area (TPSA) is 49.6 Å². The fourth-order valence-corrected chi connectivity index (χ4v) is 4.08. The van der Waals surface area contributed by atoms with Crippen LogP contribution in [-0.4, -0.2) is 54.0 Å². The Morgan fingerprint density at radius 1 is 1.29 bits per heavy atom. The molecule has 2 saturated heterocycles. The molecule has 2 aliphatic heterocycles. The molecule has 21 heavy (non-hydrogen) atoms. The third kappa shape index (κ3) is 4.43. The van der Waals surface area contributed by atoms with Gasteiger partial charge in [-0.05, 0) is 51.6 Å². The van der Waals surface area contributed by atoms with Crippen LogP contribution >= 0.6 is 0 Å². The normalized spacial score (nSPS) is 27.7. The summed E-state index contributed by atoms with van der Waals surface area (Å²) in [7, 11) is 0. The summed E-state index contributed by atoms with van der Waals surface area (Å²) in [4.78, 5) is 17.3. The van der Waals surface area contributed by atoms with Crippen LogP contribution in [0.15, 0.2) is 0 Å². The molecule has 4 heteroatoms. The van der Waals surface area contributed by atoms with E-state index in [2.05, 4.69) is 23.6 Å². The van der Waals surface area contributed by atoms with Crippen molar-refractivity contribution >= 4 is 5.91 Å². The van der Waals surface area contributed by atoms with Crippen LogP contribution in [0.4, 0.5) is 0 Å². The van der Waals surface area contributed by atoms with Gasteiger partial charge in [-0.1, -0.05) is 19.8 Å². The average molecular weight is 295 g/mol. The summed E-state index contributed by atoms with van der Waals surface area (Å²) in [6.45, 7) is 8.41. The highest BCUT2D eigenvalue weighted by Gasteiger charge is 2.36. The number of rotatable bonds is 7. The van der Waals surface area contributed by atoms with Gasteiger partial charge in [-0.2, -0.15) is 0 Å². The first kappa shape index (κ1) is 16.8. The van der Waals surface area contributed by atoms with Gasteiger partial charge >= 0.3 is 0 Å². The summed E-state index contributed by atoms with van der Waals surface area (Å²) < 4.78 is 0. The summed E-state index contributed by atoms with van der Waals surface area (Å²) in [5.74, 6) is 0.999. The van der Waals surface area contributed by atoms with Crippen LogP contribution in [0.2, 0.25) is 0 Å². The van der Waals surface area contributed by atoms with Gasteiger partial charge in [0.05, 0.1) is 0 Å². The van der Waals surface area contributed by atoms with Crippen LogP contribution in [0.3, 0.4) is 0 Å². The quantitative estimate of drug-likeness (QED) is 0.783. The predicted molar refractivity (Wildman–Crippen MR) is 87.1 cm³/mol. The first-order chi connectivity index (χ1) is 10.2. The van der Waals surface area contributed by atoms with Gasteiger partial charge in [0, 0.05) is 31.6 Å². The third-order valence-corrected chi connectivity index (χ3v) is 5.30. The molecule has 0 aliphatic carbocycles. The summed E-state index contributed by atoms with van der Waals surface area (Å²) >= 11 is 0. The van der Waals surface area contributed by atoms with Crippen molar-refractivity contribution in [3.05, 3.63) is 0 Å². The summed E-state index contributed by atoms with van der Waals surface area (Å²) in [5, 5.41) is 0. The molecule has 122 valence electrons.